The monoisotopic (exact) mass is 477 g/mol. The summed E-state index contributed by atoms with van der Waals surface area (Å²) in [4.78, 5) is 29.5. The van der Waals surface area contributed by atoms with E-state index in [2.05, 4.69) is 58.5 Å². The molecule has 3 aromatic rings. The molecule has 0 unspecified atom stereocenters. The van der Waals surface area contributed by atoms with Gasteiger partial charge in [0.1, 0.15) is 5.01 Å². The van der Waals surface area contributed by atoms with Crippen molar-refractivity contribution in [1.29, 1.82) is 0 Å². The minimum atomic E-state index is -0.260. The highest BCUT2D eigenvalue weighted by molar-refractivity contribution is 7.13. The predicted octanol–water partition coefficient (Wildman–Crippen LogP) is 4.47. The van der Waals surface area contributed by atoms with E-state index in [9.17, 15) is 9.59 Å². The predicted molar refractivity (Wildman–Crippen MR) is 137 cm³/mol. The van der Waals surface area contributed by atoms with Crippen molar-refractivity contribution in [3.8, 4) is 0 Å². The Morgan fingerprint density at radius 2 is 1.85 bits per heavy atom. The molecule has 2 amide bonds. The summed E-state index contributed by atoms with van der Waals surface area (Å²) in [5.41, 5.74) is 4.33. The third kappa shape index (κ3) is 5.99. The van der Waals surface area contributed by atoms with Gasteiger partial charge in [0.15, 0.2) is 0 Å². The second-order valence-corrected chi connectivity index (χ2v) is 9.96. The van der Waals surface area contributed by atoms with Gasteiger partial charge in [0.25, 0.3) is 5.91 Å². The lowest BCUT2D eigenvalue weighted by Gasteiger charge is -2.41. The van der Waals surface area contributed by atoms with E-state index in [1.165, 1.54) is 22.6 Å². The number of hydrogen-bond acceptors (Lipinski definition) is 6. The number of piperazine rings is 1. The molecule has 1 fully saturated rings. The van der Waals surface area contributed by atoms with E-state index in [4.69, 9.17) is 0 Å². The minimum Gasteiger partial charge on any atom is -0.365 e. The van der Waals surface area contributed by atoms with Crippen LogP contribution in [0.15, 0.2) is 48.5 Å². The lowest BCUT2D eigenvalue weighted by Crippen LogP contribution is -2.53. The smallest absolute Gasteiger partial charge is 0.286 e. The zero-order valence-electron chi connectivity index (χ0n) is 20.0. The summed E-state index contributed by atoms with van der Waals surface area (Å²) in [5.74, 6) is -0.0817. The molecule has 8 heteroatoms. The van der Waals surface area contributed by atoms with Gasteiger partial charge in [0.05, 0.1) is 0 Å². The second-order valence-electron chi connectivity index (χ2n) is 8.90. The van der Waals surface area contributed by atoms with Gasteiger partial charge in [-0.1, -0.05) is 41.2 Å². The largest absolute Gasteiger partial charge is 0.365 e. The second kappa shape index (κ2) is 10.8. The molecular weight excluding hydrogens is 446 g/mol. The van der Waals surface area contributed by atoms with Crippen molar-refractivity contribution in [2.24, 2.45) is 0 Å². The van der Waals surface area contributed by atoms with E-state index in [1.807, 2.05) is 36.1 Å². The number of carbonyl (C=O) groups is 2. The Morgan fingerprint density at radius 1 is 1.06 bits per heavy atom. The van der Waals surface area contributed by atoms with Crippen LogP contribution in [0.2, 0.25) is 0 Å². The van der Waals surface area contributed by atoms with Crippen LogP contribution in [-0.4, -0.2) is 52.6 Å². The third-order valence-electron chi connectivity index (χ3n) is 6.07. The van der Waals surface area contributed by atoms with Crippen molar-refractivity contribution >= 4 is 34.5 Å². The summed E-state index contributed by atoms with van der Waals surface area (Å²) in [6, 6.07) is 16.4. The van der Waals surface area contributed by atoms with Crippen LogP contribution in [0.1, 0.15) is 45.7 Å². The Bertz CT molecular complexity index is 1140. The number of hydrogen-bond donors (Lipinski definition) is 1. The fourth-order valence-electron chi connectivity index (χ4n) is 4.19. The molecule has 178 valence electrons. The van der Waals surface area contributed by atoms with Crippen LogP contribution >= 0.6 is 11.3 Å². The van der Waals surface area contributed by atoms with Gasteiger partial charge in [-0.05, 0) is 57.0 Å². The maximum Gasteiger partial charge on any atom is 0.286 e. The Hall–Kier alpha value is -3.26. The molecule has 0 spiro atoms. The van der Waals surface area contributed by atoms with Crippen molar-refractivity contribution < 1.29 is 9.59 Å². The number of rotatable bonds is 7. The number of carbonyl (C=O) groups excluding carboxylic acids is 2. The Kier molecular flexibility index (Phi) is 7.57. The van der Waals surface area contributed by atoms with E-state index < -0.39 is 0 Å². The van der Waals surface area contributed by atoms with Crippen LogP contribution in [0.3, 0.4) is 0 Å². The number of nitrogens with one attached hydrogen (secondary N) is 1. The molecule has 0 radical (unpaired) electrons. The van der Waals surface area contributed by atoms with Crippen LogP contribution in [-0.2, 0) is 11.2 Å². The Morgan fingerprint density at radius 3 is 2.59 bits per heavy atom. The molecule has 1 atom stereocenters. The number of aromatic nitrogens is 2. The van der Waals surface area contributed by atoms with Crippen LogP contribution in [0, 0.1) is 13.8 Å². The molecule has 1 N–H and O–H groups in total. The molecule has 1 aliphatic heterocycles. The normalized spacial score (nSPS) is 15.9. The molecule has 1 aromatic heterocycles. The maximum absolute atomic E-state index is 12.8. The van der Waals surface area contributed by atoms with Gasteiger partial charge in [-0.15, -0.1) is 10.2 Å². The molecule has 1 aliphatic rings. The van der Waals surface area contributed by atoms with Gasteiger partial charge >= 0.3 is 0 Å². The molecule has 2 heterocycles. The molecular formula is C26H31N5O2S. The SMILES string of the molecule is Cc1ccc(NC(=O)c2nnc(CCCC(=O)N3CCN(c4cccc(C)c4)[C@@H](C)C3)s2)cc1. The molecule has 0 bridgehead atoms. The molecule has 4 rings (SSSR count). The molecule has 0 aliphatic carbocycles. The fraction of sp³-hybridized carbons (Fsp3) is 0.385. The van der Waals surface area contributed by atoms with Crippen LogP contribution in [0.5, 0.6) is 0 Å². The highest BCUT2D eigenvalue weighted by Gasteiger charge is 2.26. The molecule has 34 heavy (non-hydrogen) atoms. The maximum atomic E-state index is 12.8. The first-order valence-corrected chi connectivity index (χ1v) is 12.5. The van der Waals surface area contributed by atoms with Crippen LogP contribution in [0.25, 0.3) is 0 Å². The quantitative estimate of drug-likeness (QED) is 0.543. The van der Waals surface area contributed by atoms with Crippen molar-refractivity contribution in [1.82, 2.24) is 15.1 Å². The molecule has 1 saturated heterocycles. The zero-order chi connectivity index (χ0) is 24.1. The summed E-state index contributed by atoms with van der Waals surface area (Å²) >= 11 is 1.28. The Balaban J connectivity index is 1.22. The van der Waals surface area contributed by atoms with E-state index in [0.29, 0.717) is 24.3 Å². The first-order valence-electron chi connectivity index (χ1n) is 11.7. The van der Waals surface area contributed by atoms with Crippen molar-refractivity contribution in [2.45, 2.75) is 46.1 Å². The summed E-state index contributed by atoms with van der Waals surface area (Å²) in [6.07, 6.45) is 1.81. The van der Waals surface area contributed by atoms with Gasteiger partial charge in [-0.25, -0.2) is 0 Å². The highest BCUT2D eigenvalue weighted by Crippen LogP contribution is 2.22. The number of amides is 2. The number of nitrogens with zero attached hydrogens (tertiary/aromatic N) is 4. The molecule has 2 aromatic carbocycles. The standard InChI is InChI=1S/C26H31N5O2S/c1-18-10-12-21(13-11-18)27-25(33)26-29-28-23(34-26)8-5-9-24(32)30-14-15-31(20(3)17-30)22-7-4-6-19(2)16-22/h4,6-7,10-13,16,20H,5,8-9,14-15,17H2,1-3H3,(H,27,33)/t20-/m0/s1. The van der Waals surface area contributed by atoms with Gasteiger partial charge in [-0.3, -0.25) is 9.59 Å². The number of aryl methyl sites for hydroxylation is 3. The van der Waals surface area contributed by atoms with Gasteiger partial charge < -0.3 is 15.1 Å². The lowest BCUT2D eigenvalue weighted by molar-refractivity contribution is -0.132. The summed E-state index contributed by atoms with van der Waals surface area (Å²) in [7, 11) is 0. The summed E-state index contributed by atoms with van der Waals surface area (Å²) < 4.78 is 0. The minimum absolute atomic E-state index is 0.178. The first-order chi connectivity index (χ1) is 16.4. The van der Waals surface area contributed by atoms with Gasteiger partial charge in [0.2, 0.25) is 10.9 Å². The molecule has 0 saturated carbocycles. The fourth-order valence-corrected chi connectivity index (χ4v) is 4.97. The average Bonchev–Trinajstić information content (AvgIpc) is 3.29. The molecule has 7 nitrogen and oxygen atoms in total. The van der Waals surface area contributed by atoms with E-state index in [1.54, 1.807) is 0 Å². The third-order valence-corrected chi connectivity index (χ3v) is 7.05. The topological polar surface area (TPSA) is 78.4 Å². The number of benzene rings is 2. The average molecular weight is 478 g/mol. The van der Waals surface area contributed by atoms with Crippen molar-refractivity contribution in [3.63, 3.8) is 0 Å². The lowest BCUT2D eigenvalue weighted by atomic mass is 10.1. The van der Waals surface area contributed by atoms with Gasteiger partial charge in [-0.2, -0.15) is 0 Å². The van der Waals surface area contributed by atoms with E-state index >= 15 is 0 Å². The highest BCUT2D eigenvalue weighted by atomic mass is 32.1. The van der Waals surface area contributed by atoms with E-state index in [-0.39, 0.29) is 17.9 Å². The van der Waals surface area contributed by atoms with Gasteiger partial charge in [0, 0.05) is 49.9 Å². The van der Waals surface area contributed by atoms with E-state index in [0.717, 1.165) is 35.9 Å². The van der Waals surface area contributed by atoms with Crippen LogP contribution < -0.4 is 10.2 Å². The zero-order valence-corrected chi connectivity index (χ0v) is 20.8. The Labute approximate surface area is 204 Å². The summed E-state index contributed by atoms with van der Waals surface area (Å²) in [6.45, 7) is 8.58. The number of anilines is 2. The van der Waals surface area contributed by atoms with Crippen molar-refractivity contribution in [3.05, 3.63) is 69.7 Å². The van der Waals surface area contributed by atoms with Crippen molar-refractivity contribution in [2.75, 3.05) is 29.9 Å². The summed E-state index contributed by atoms with van der Waals surface area (Å²) in [5, 5.41) is 12.1. The first kappa shape index (κ1) is 23.9. The van der Waals surface area contributed by atoms with Crippen LogP contribution in [0.4, 0.5) is 11.4 Å².